The highest BCUT2D eigenvalue weighted by atomic mass is 32.2. The van der Waals surface area contributed by atoms with Gasteiger partial charge >= 0.3 is 0 Å². The van der Waals surface area contributed by atoms with E-state index in [1.54, 1.807) is 47.4 Å². The van der Waals surface area contributed by atoms with Gasteiger partial charge in [-0.05, 0) is 43.5 Å². The van der Waals surface area contributed by atoms with Crippen LogP contribution in [0.3, 0.4) is 0 Å². The van der Waals surface area contributed by atoms with Crippen LogP contribution in [0, 0.1) is 0 Å². The number of hydrogen-bond donors (Lipinski definition) is 2. The topological polar surface area (TPSA) is 119 Å². The number of ether oxygens (including phenoxy) is 1. The van der Waals surface area contributed by atoms with Gasteiger partial charge in [0, 0.05) is 24.5 Å². The van der Waals surface area contributed by atoms with Gasteiger partial charge in [-0.1, -0.05) is 23.4 Å². The summed E-state index contributed by atoms with van der Waals surface area (Å²) in [6, 6.07) is 11.5. The van der Waals surface area contributed by atoms with Crippen LogP contribution < -0.4 is 4.72 Å². The Morgan fingerprint density at radius 3 is 2.74 bits per heavy atom. The van der Waals surface area contributed by atoms with Gasteiger partial charge in [-0.2, -0.15) is 0 Å². The van der Waals surface area contributed by atoms with Crippen molar-refractivity contribution in [1.82, 2.24) is 24.7 Å². The molecular formula is C21H25N5O4S. The summed E-state index contributed by atoms with van der Waals surface area (Å²) in [5.74, 6) is 0. The molecule has 0 unspecified atom stereocenters. The first-order valence-electron chi connectivity index (χ1n) is 10.2. The molecule has 1 aromatic carbocycles. The number of aryl methyl sites for hydroxylation is 1. The number of nitrogens with zero attached hydrogens (tertiary/aromatic N) is 4. The lowest BCUT2D eigenvalue weighted by molar-refractivity contribution is -0.0891. The fraction of sp³-hybridized carbons (Fsp3) is 0.381. The third-order valence-electron chi connectivity index (χ3n) is 5.33. The van der Waals surface area contributed by atoms with Crippen LogP contribution in [-0.4, -0.2) is 58.4 Å². The molecule has 164 valence electrons. The minimum Gasteiger partial charge on any atom is -0.394 e. The lowest BCUT2D eigenvalue weighted by atomic mass is 9.98. The molecule has 3 heterocycles. The first-order chi connectivity index (χ1) is 15.0. The Hall–Kier alpha value is -2.66. The second kappa shape index (κ2) is 9.65. The second-order valence-electron chi connectivity index (χ2n) is 7.49. The Morgan fingerprint density at radius 2 is 2.00 bits per heavy atom. The van der Waals surface area contributed by atoms with Crippen molar-refractivity contribution in [1.29, 1.82) is 0 Å². The Labute approximate surface area is 181 Å². The number of hydrogen-bond acceptors (Lipinski definition) is 7. The highest BCUT2D eigenvalue weighted by molar-refractivity contribution is 7.89. The van der Waals surface area contributed by atoms with Crippen molar-refractivity contribution in [3.8, 4) is 11.3 Å². The zero-order valence-corrected chi connectivity index (χ0v) is 17.7. The predicted molar refractivity (Wildman–Crippen MR) is 113 cm³/mol. The maximum Gasteiger partial charge on any atom is 0.240 e. The molecule has 0 saturated carbocycles. The van der Waals surface area contributed by atoms with E-state index in [2.05, 4.69) is 20.0 Å². The van der Waals surface area contributed by atoms with Crippen LogP contribution in [-0.2, 0) is 21.3 Å². The van der Waals surface area contributed by atoms with Gasteiger partial charge in [0.25, 0.3) is 0 Å². The van der Waals surface area contributed by atoms with Crippen molar-refractivity contribution < 1.29 is 18.3 Å². The van der Waals surface area contributed by atoms with E-state index in [9.17, 15) is 13.5 Å². The Morgan fingerprint density at radius 1 is 1.16 bits per heavy atom. The van der Waals surface area contributed by atoms with E-state index < -0.39 is 22.2 Å². The Bertz CT molecular complexity index is 1080. The van der Waals surface area contributed by atoms with Crippen molar-refractivity contribution in [3.63, 3.8) is 0 Å². The molecule has 1 saturated heterocycles. The molecule has 1 aliphatic rings. The third kappa shape index (κ3) is 5.34. The van der Waals surface area contributed by atoms with Crippen LogP contribution in [0.15, 0.2) is 66.0 Å². The number of aliphatic hydroxyl groups is 1. The van der Waals surface area contributed by atoms with Crippen molar-refractivity contribution in [3.05, 3.63) is 61.1 Å². The largest absolute Gasteiger partial charge is 0.394 e. The molecule has 1 fully saturated rings. The number of rotatable bonds is 8. The van der Waals surface area contributed by atoms with E-state index >= 15 is 0 Å². The van der Waals surface area contributed by atoms with Gasteiger partial charge in [0.1, 0.15) is 5.69 Å². The maximum atomic E-state index is 12.6. The standard InChI is InChI=1S/C21H25N5O4S/c27-15-21-19(24-31(28,29)18-6-2-1-3-7-18)9-8-17(30-21)10-12-26-14-20(23-25-26)16-5-4-11-22-13-16/h1-7,11,13-14,17,19,21,24,27H,8-10,12,15H2/t17-,19+,21+/m1/s1. The highest BCUT2D eigenvalue weighted by Crippen LogP contribution is 2.24. The van der Waals surface area contributed by atoms with E-state index in [1.807, 2.05) is 18.3 Å². The van der Waals surface area contributed by atoms with Crippen molar-refractivity contribution in [2.75, 3.05) is 6.61 Å². The first-order valence-corrected chi connectivity index (χ1v) is 11.7. The molecule has 2 N–H and O–H groups in total. The molecule has 0 aliphatic carbocycles. The highest BCUT2D eigenvalue weighted by Gasteiger charge is 2.33. The third-order valence-corrected chi connectivity index (χ3v) is 6.84. The average molecular weight is 444 g/mol. The van der Waals surface area contributed by atoms with Gasteiger partial charge in [-0.25, -0.2) is 13.1 Å². The van der Waals surface area contributed by atoms with Gasteiger partial charge < -0.3 is 9.84 Å². The number of benzene rings is 1. The zero-order valence-electron chi connectivity index (χ0n) is 16.9. The van der Waals surface area contributed by atoms with Gasteiger partial charge in [-0.3, -0.25) is 9.67 Å². The van der Waals surface area contributed by atoms with Gasteiger partial charge in [0.2, 0.25) is 10.0 Å². The fourth-order valence-electron chi connectivity index (χ4n) is 3.68. The van der Waals surface area contributed by atoms with Crippen molar-refractivity contribution in [2.24, 2.45) is 0 Å². The number of pyridine rings is 1. The lowest BCUT2D eigenvalue weighted by Gasteiger charge is -2.36. The number of nitrogens with one attached hydrogen (secondary N) is 1. The molecule has 4 rings (SSSR count). The number of aliphatic hydroxyl groups excluding tert-OH is 1. The van der Waals surface area contributed by atoms with E-state index in [-0.39, 0.29) is 17.6 Å². The normalized spacial score (nSPS) is 21.8. The van der Waals surface area contributed by atoms with Crippen LogP contribution in [0.4, 0.5) is 0 Å². The molecule has 2 aromatic heterocycles. The fourth-order valence-corrected chi connectivity index (χ4v) is 5.00. The Balaban J connectivity index is 1.32. The molecule has 31 heavy (non-hydrogen) atoms. The molecule has 0 spiro atoms. The quantitative estimate of drug-likeness (QED) is 0.543. The minimum atomic E-state index is -3.67. The van der Waals surface area contributed by atoms with Crippen molar-refractivity contribution in [2.45, 2.75) is 49.0 Å². The molecule has 0 radical (unpaired) electrons. The summed E-state index contributed by atoms with van der Waals surface area (Å²) in [7, 11) is -3.67. The van der Waals surface area contributed by atoms with Crippen LogP contribution in [0.25, 0.3) is 11.3 Å². The Kier molecular flexibility index (Phi) is 6.71. The molecule has 0 bridgehead atoms. The zero-order chi connectivity index (χ0) is 21.7. The predicted octanol–water partition coefficient (Wildman–Crippen LogP) is 1.62. The second-order valence-corrected chi connectivity index (χ2v) is 9.21. The van der Waals surface area contributed by atoms with Crippen LogP contribution in [0.1, 0.15) is 19.3 Å². The molecule has 3 atom stereocenters. The summed E-state index contributed by atoms with van der Waals surface area (Å²) < 4.78 is 35.6. The van der Waals surface area contributed by atoms with E-state index in [0.717, 1.165) is 11.3 Å². The number of aromatic nitrogens is 4. The van der Waals surface area contributed by atoms with Crippen LogP contribution in [0.5, 0.6) is 0 Å². The first kappa shape index (κ1) is 21.6. The number of sulfonamides is 1. The smallest absolute Gasteiger partial charge is 0.240 e. The van der Waals surface area contributed by atoms with Crippen LogP contribution >= 0.6 is 0 Å². The summed E-state index contributed by atoms with van der Waals surface area (Å²) in [6.07, 6.45) is 6.56. The summed E-state index contributed by atoms with van der Waals surface area (Å²) >= 11 is 0. The van der Waals surface area contributed by atoms with Gasteiger partial charge in [-0.15, -0.1) is 5.10 Å². The average Bonchev–Trinajstić information content (AvgIpc) is 3.28. The van der Waals surface area contributed by atoms with Gasteiger partial charge in [0.15, 0.2) is 0 Å². The molecular weight excluding hydrogens is 418 g/mol. The van der Waals surface area contributed by atoms with E-state index in [4.69, 9.17) is 4.74 Å². The monoisotopic (exact) mass is 443 g/mol. The lowest BCUT2D eigenvalue weighted by Crippen LogP contribution is -2.50. The molecule has 0 amide bonds. The maximum absolute atomic E-state index is 12.6. The summed E-state index contributed by atoms with van der Waals surface area (Å²) in [4.78, 5) is 4.29. The molecule has 9 nitrogen and oxygen atoms in total. The molecule has 1 aliphatic heterocycles. The summed E-state index contributed by atoms with van der Waals surface area (Å²) in [5.41, 5.74) is 1.65. The summed E-state index contributed by atoms with van der Waals surface area (Å²) in [5, 5.41) is 18.1. The summed E-state index contributed by atoms with van der Waals surface area (Å²) in [6.45, 7) is 0.351. The van der Waals surface area contributed by atoms with E-state index in [1.165, 1.54) is 0 Å². The SMILES string of the molecule is O=S(=O)(N[C@H]1CC[C@H](CCn2cc(-c3cccnc3)nn2)O[C@H]1CO)c1ccccc1. The van der Waals surface area contributed by atoms with Crippen LogP contribution in [0.2, 0.25) is 0 Å². The molecule has 3 aromatic rings. The minimum absolute atomic E-state index is 0.0966. The molecule has 10 heteroatoms. The van der Waals surface area contributed by atoms with E-state index in [0.29, 0.717) is 25.8 Å². The van der Waals surface area contributed by atoms with Crippen molar-refractivity contribution >= 4 is 10.0 Å². The van der Waals surface area contributed by atoms with Gasteiger partial charge in [0.05, 0.1) is 35.9 Å².